The van der Waals surface area contributed by atoms with Crippen molar-refractivity contribution in [3.8, 4) is 11.8 Å². The first kappa shape index (κ1) is 24.8. The Bertz CT molecular complexity index is 1010. The van der Waals surface area contributed by atoms with Crippen LogP contribution in [0.3, 0.4) is 0 Å². The van der Waals surface area contributed by atoms with E-state index in [2.05, 4.69) is 51.0 Å². The van der Waals surface area contributed by atoms with Gasteiger partial charge >= 0.3 is 6.01 Å². The quantitative estimate of drug-likeness (QED) is 0.517. The number of aromatic nitrogens is 2. The zero-order valence-corrected chi connectivity index (χ0v) is 21.4. The fraction of sp³-hybridized carbons (Fsp3) is 0.593. The van der Waals surface area contributed by atoms with Gasteiger partial charge in [-0.25, -0.2) is 9.97 Å². The van der Waals surface area contributed by atoms with Crippen LogP contribution in [-0.2, 0) is 9.53 Å². The fourth-order valence-electron chi connectivity index (χ4n) is 5.51. The molecule has 1 amide bonds. The van der Waals surface area contributed by atoms with Crippen LogP contribution in [0, 0.1) is 0 Å². The number of amides is 1. The van der Waals surface area contributed by atoms with E-state index < -0.39 is 0 Å². The van der Waals surface area contributed by atoms with Gasteiger partial charge in [0, 0.05) is 31.4 Å². The molecular weight excluding hydrogens is 458 g/mol. The lowest BCUT2D eigenvalue weighted by Gasteiger charge is -2.47. The maximum atomic E-state index is 12.6. The van der Waals surface area contributed by atoms with Crippen LogP contribution in [0.25, 0.3) is 0 Å². The minimum absolute atomic E-state index is 0.0673. The second-order valence-corrected chi connectivity index (χ2v) is 10.1. The van der Waals surface area contributed by atoms with E-state index in [0.29, 0.717) is 18.3 Å². The second kappa shape index (κ2) is 11.0. The smallest absolute Gasteiger partial charge is 0.316 e. The topological polar surface area (TPSA) is 80.3 Å². The molecular formula is C27H37N5O4. The summed E-state index contributed by atoms with van der Waals surface area (Å²) < 4.78 is 17.1. The van der Waals surface area contributed by atoms with Crippen molar-refractivity contribution in [3.05, 3.63) is 36.7 Å². The van der Waals surface area contributed by atoms with E-state index in [1.54, 1.807) is 17.3 Å². The predicted octanol–water partition coefficient (Wildman–Crippen LogP) is 3.14. The minimum atomic E-state index is -0.347. The van der Waals surface area contributed by atoms with Gasteiger partial charge in [-0.15, -0.1) is 0 Å². The van der Waals surface area contributed by atoms with E-state index in [1.807, 2.05) is 0 Å². The largest absolute Gasteiger partial charge is 0.494 e. The van der Waals surface area contributed by atoms with Crippen LogP contribution in [0.2, 0.25) is 0 Å². The number of hydrogen-bond acceptors (Lipinski definition) is 8. The van der Waals surface area contributed by atoms with Crippen LogP contribution in [0.1, 0.15) is 39.0 Å². The van der Waals surface area contributed by atoms with Crippen LogP contribution in [0.15, 0.2) is 36.7 Å². The molecule has 3 saturated heterocycles. The summed E-state index contributed by atoms with van der Waals surface area (Å²) in [7, 11) is 1.52. The van der Waals surface area contributed by atoms with Gasteiger partial charge in [-0.2, -0.15) is 0 Å². The normalized spacial score (nSPS) is 22.3. The number of nitrogens with zero attached hydrogens (tertiary/aromatic N) is 5. The number of carbonyl (C=O) groups is 1. The Kier molecular flexibility index (Phi) is 7.57. The molecule has 3 fully saturated rings. The molecule has 0 unspecified atom stereocenters. The van der Waals surface area contributed by atoms with Crippen LogP contribution in [-0.4, -0.2) is 85.5 Å². The zero-order valence-electron chi connectivity index (χ0n) is 21.4. The molecule has 9 nitrogen and oxygen atoms in total. The Labute approximate surface area is 213 Å². The maximum absolute atomic E-state index is 12.6. The lowest BCUT2D eigenvalue weighted by molar-refractivity contribution is -0.141. The number of morpholine rings is 1. The van der Waals surface area contributed by atoms with Crippen molar-refractivity contribution in [2.45, 2.75) is 50.7 Å². The standard InChI is InChI=1S/C27H37N5O4/c1-21-5-3-12-30(21)13-4-16-35-24-8-6-22(7-9-24)31-14-10-27(11-15-31)20-32(25(33)19-36-27)23-17-28-26(34-2)29-18-23/h6-9,17-18,21H,3-5,10-16,19-20H2,1-2H3/t21-/m0/s1. The van der Waals surface area contributed by atoms with Crippen LogP contribution in [0.4, 0.5) is 11.4 Å². The zero-order chi connectivity index (χ0) is 25.0. The number of ether oxygens (including phenoxy) is 3. The lowest BCUT2D eigenvalue weighted by atomic mass is 9.89. The van der Waals surface area contributed by atoms with E-state index in [1.165, 1.54) is 32.2 Å². The van der Waals surface area contributed by atoms with Crippen LogP contribution in [0.5, 0.6) is 11.8 Å². The summed E-state index contributed by atoms with van der Waals surface area (Å²) in [5, 5.41) is 0. The lowest BCUT2D eigenvalue weighted by Crippen LogP contribution is -2.59. The first-order valence-electron chi connectivity index (χ1n) is 13.1. The number of hydrogen-bond donors (Lipinski definition) is 0. The molecule has 5 rings (SSSR count). The molecule has 1 aromatic heterocycles. The minimum Gasteiger partial charge on any atom is -0.494 e. The van der Waals surface area contributed by atoms with E-state index in [0.717, 1.165) is 51.3 Å². The average molecular weight is 496 g/mol. The molecule has 2 aromatic rings. The summed E-state index contributed by atoms with van der Waals surface area (Å²) in [6, 6.07) is 9.42. The van der Waals surface area contributed by atoms with Crippen molar-refractivity contribution in [2.24, 2.45) is 0 Å². The van der Waals surface area contributed by atoms with Gasteiger partial charge in [0.15, 0.2) is 0 Å². The summed E-state index contributed by atoms with van der Waals surface area (Å²) in [5.74, 6) is 0.857. The van der Waals surface area contributed by atoms with Gasteiger partial charge in [0.25, 0.3) is 5.91 Å². The number of carbonyl (C=O) groups excluding carboxylic acids is 1. The van der Waals surface area contributed by atoms with E-state index in [-0.39, 0.29) is 24.1 Å². The highest BCUT2D eigenvalue weighted by atomic mass is 16.5. The van der Waals surface area contributed by atoms with Crippen molar-refractivity contribution in [2.75, 3.05) is 62.8 Å². The van der Waals surface area contributed by atoms with Crippen molar-refractivity contribution in [1.29, 1.82) is 0 Å². The first-order valence-corrected chi connectivity index (χ1v) is 13.1. The molecule has 1 aromatic carbocycles. The third-order valence-corrected chi connectivity index (χ3v) is 7.78. The number of piperidine rings is 1. The van der Waals surface area contributed by atoms with Gasteiger partial charge in [0.2, 0.25) is 0 Å². The molecule has 3 aliphatic rings. The molecule has 0 saturated carbocycles. The average Bonchev–Trinajstić information content (AvgIpc) is 3.33. The Morgan fingerprint density at radius 1 is 1.08 bits per heavy atom. The second-order valence-electron chi connectivity index (χ2n) is 10.1. The highest BCUT2D eigenvalue weighted by Crippen LogP contribution is 2.34. The van der Waals surface area contributed by atoms with E-state index >= 15 is 0 Å². The Hall–Kier alpha value is -2.91. The molecule has 1 spiro atoms. The number of rotatable bonds is 8. The number of anilines is 2. The molecule has 3 aliphatic heterocycles. The molecule has 0 N–H and O–H groups in total. The summed E-state index contributed by atoms with van der Waals surface area (Å²) in [6.45, 7) is 7.74. The molecule has 0 radical (unpaired) electrons. The highest BCUT2D eigenvalue weighted by Gasteiger charge is 2.43. The highest BCUT2D eigenvalue weighted by molar-refractivity contribution is 5.94. The van der Waals surface area contributed by atoms with Crippen molar-refractivity contribution in [1.82, 2.24) is 14.9 Å². The van der Waals surface area contributed by atoms with Gasteiger partial charge in [0.1, 0.15) is 12.4 Å². The summed E-state index contributed by atoms with van der Waals surface area (Å²) >= 11 is 0. The number of benzene rings is 1. The van der Waals surface area contributed by atoms with Crippen molar-refractivity contribution in [3.63, 3.8) is 0 Å². The summed E-state index contributed by atoms with van der Waals surface area (Å²) in [6.07, 6.45) is 8.66. The maximum Gasteiger partial charge on any atom is 0.316 e. The van der Waals surface area contributed by atoms with E-state index in [4.69, 9.17) is 14.2 Å². The molecule has 1 atom stereocenters. The first-order chi connectivity index (χ1) is 17.5. The fourth-order valence-corrected chi connectivity index (χ4v) is 5.51. The van der Waals surface area contributed by atoms with Gasteiger partial charge in [-0.1, -0.05) is 0 Å². The molecule has 9 heteroatoms. The van der Waals surface area contributed by atoms with Crippen LogP contribution < -0.4 is 19.3 Å². The number of likely N-dealkylation sites (tertiary alicyclic amines) is 1. The van der Waals surface area contributed by atoms with E-state index in [9.17, 15) is 4.79 Å². The number of methoxy groups -OCH3 is 1. The molecule has 194 valence electrons. The van der Waals surface area contributed by atoms with Gasteiger partial charge in [-0.05, 0) is 69.8 Å². The van der Waals surface area contributed by atoms with Crippen molar-refractivity contribution < 1.29 is 19.0 Å². The Balaban J connectivity index is 1.11. The molecule has 0 bridgehead atoms. The monoisotopic (exact) mass is 495 g/mol. The molecule has 36 heavy (non-hydrogen) atoms. The predicted molar refractivity (Wildman–Crippen MR) is 138 cm³/mol. The van der Waals surface area contributed by atoms with Gasteiger partial charge in [0.05, 0.1) is 43.9 Å². The third kappa shape index (κ3) is 5.57. The molecule has 0 aliphatic carbocycles. The SMILES string of the molecule is COc1ncc(N2CC3(CCN(c4ccc(OCCCN5CCC[C@@H]5C)cc4)CC3)OCC2=O)cn1. The summed E-state index contributed by atoms with van der Waals surface area (Å²) in [5.41, 5.74) is 1.52. The van der Waals surface area contributed by atoms with Gasteiger partial charge in [-0.3, -0.25) is 4.79 Å². The summed E-state index contributed by atoms with van der Waals surface area (Å²) in [4.78, 5) is 27.6. The molecule has 4 heterocycles. The Morgan fingerprint density at radius 2 is 1.83 bits per heavy atom. The van der Waals surface area contributed by atoms with Crippen molar-refractivity contribution >= 4 is 17.3 Å². The van der Waals surface area contributed by atoms with Crippen LogP contribution >= 0.6 is 0 Å². The van der Waals surface area contributed by atoms with Gasteiger partial charge < -0.3 is 28.9 Å². The third-order valence-electron chi connectivity index (χ3n) is 7.78. The Morgan fingerprint density at radius 3 is 2.50 bits per heavy atom.